The third-order valence-corrected chi connectivity index (χ3v) is 5.22. The summed E-state index contributed by atoms with van der Waals surface area (Å²) >= 11 is 0. The molecule has 4 heteroatoms. The van der Waals surface area contributed by atoms with Crippen molar-refractivity contribution in [1.29, 1.82) is 0 Å². The molecule has 1 amide bonds. The standard InChI is InChI=1S/C20H32N2O2/c1-14-11-15(2)19(16(3)12-14)5-8-21-20(24)13-22-9-6-18(7-10-22)17(4)23/h11-12,17-18,23H,5-10,13H2,1-4H3,(H,21,24). The molecule has 0 aromatic heterocycles. The number of amides is 1. The van der Waals surface area contributed by atoms with Crippen LogP contribution < -0.4 is 5.32 Å². The molecule has 0 spiro atoms. The molecular formula is C20H32N2O2. The van der Waals surface area contributed by atoms with Gasteiger partial charge in [0.1, 0.15) is 0 Å². The van der Waals surface area contributed by atoms with Gasteiger partial charge in [-0.15, -0.1) is 0 Å². The van der Waals surface area contributed by atoms with Crippen LogP contribution in [0.5, 0.6) is 0 Å². The Kier molecular flexibility index (Phi) is 6.81. The van der Waals surface area contributed by atoms with Crippen LogP contribution in [0.15, 0.2) is 12.1 Å². The van der Waals surface area contributed by atoms with E-state index in [-0.39, 0.29) is 12.0 Å². The lowest BCUT2D eigenvalue weighted by Gasteiger charge is -2.32. The average molecular weight is 332 g/mol. The molecule has 1 aliphatic rings. The summed E-state index contributed by atoms with van der Waals surface area (Å²) in [5, 5.41) is 12.7. The van der Waals surface area contributed by atoms with Gasteiger partial charge < -0.3 is 10.4 Å². The largest absolute Gasteiger partial charge is 0.393 e. The molecular weight excluding hydrogens is 300 g/mol. The minimum atomic E-state index is -0.234. The minimum absolute atomic E-state index is 0.105. The van der Waals surface area contributed by atoms with E-state index in [9.17, 15) is 9.90 Å². The first-order valence-electron chi connectivity index (χ1n) is 9.10. The fourth-order valence-corrected chi connectivity index (χ4v) is 3.78. The van der Waals surface area contributed by atoms with Crippen molar-refractivity contribution in [3.8, 4) is 0 Å². The van der Waals surface area contributed by atoms with Gasteiger partial charge in [-0.25, -0.2) is 0 Å². The average Bonchev–Trinajstić information content (AvgIpc) is 2.50. The fraction of sp³-hybridized carbons (Fsp3) is 0.650. The maximum atomic E-state index is 12.1. The van der Waals surface area contributed by atoms with Crippen molar-refractivity contribution in [2.45, 2.75) is 53.1 Å². The van der Waals surface area contributed by atoms with E-state index in [1.165, 1.54) is 22.3 Å². The first kappa shape index (κ1) is 18.9. The molecule has 24 heavy (non-hydrogen) atoms. The number of hydrogen-bond donors (Lipinski definition) is 2. The quantitative estimate of drug-likeness (QED) is 0.841. The first-order valence-corrected chi connectivity index (χ1v) is 9.10. The third-order valence-electron chi connectivity index (χ3n) is 5.22. The lowest BCUT2D eigenvalue weighted by atomic mass is 9.92. The molecule has 1 unspecified atom stereocenters. The normalized spacial score (nSPS) is 17.7. The molecule has 0 aliphatic carbocycles. The van der Waals surface area contributed by atoms with E-state index in [1.54, 1.807) is 0 Å². The second-order valence-electron chi connectivity index (χ2n) is 7.33. The van der Waals surface area contributed by atoms with E-state index in [0.29, 0.717) is 19.0 Å². The lowest BCUT2D eigenvalue weighted by Crippen LogP contribution is -2.43. The molecule has 0 saturated carbocycles. The zero-order chi connectivity index (χ0) is 17.7. The molecule has 1 fully saturated rings. The second kappa shape index (κ2) is 8.63. The van der Waals surface area contributed by atoms with Gasteiger partial charge in [-0.3, -0.25) is 9.69 Å². The number of rotatable bonds is 6. The first-order chi connectivity index (χ1) is 11.4. The number of piperidine rings is 1. The van der Waals surface area contributed by atoms with Crippen molar-refractivity contribution >= 4 is 5.91 Å². The van der Waals surface area contributed by atoms with E-state index in [1.807, 2.05) is 6.92 Å². The van der Waals surface area contributed by atoms with Gasteiger partial charge in [0.05, 0.1) is 12.6 Å². The lowest BCUT2D eigenvalue weighted by molar-refractivity contribution is -0.122. The van der Waals surface area contributed by atoms with Gasteiger partial charge in [0.15, 0.2) is 0 Å². The Bertz CT molecular complexity index is 538. The third kappa shape index (κ3) is 5.32. The Morgan fingerprint density at radius 2 is 1.83 bits per heavy atom. The second-order valence-corrected chi connectivity index (χ2v) is 7.33. The monoisotopic (exact) mass is 332 g/mol. The fourth-order valence-electron chi connectivity index (χ4n) is 3.78. The molecule has 1 atom stereocenters. The number of carbonyl (C=O) groups is 1. The van der Waals surface area contributed by atoms with Crippen LogP contribution >= 0.6 is 0 Å². The molecule has 0 radical (unpaired) electrons. The summed E-state index contributed by atoms with van der Waals surface area (Å²) in [5.41, 5.74) is 5.25. The summed E-state index contributed by atoms with van der Waals surface area (Å²) in [5.74, 6) is 0.490. The Labute approximate surface area is 146 Å². The summed E-state index contributed by atoms with van der Waals surface area (Å²) in [6.45, 7) is 11.2. The Morgan fingerprint density at radius 3 is 2.38 bits per heavy atom. The predicted octanol–water partition coefficient (Wildman–Crippen LogP) is 2.36. The number of hydrogen-bond acceptors (Lipinski definition) is 3. The van der Waals surface area contributed by atoms with Crippen molar-refractivity contribution in [1.82, 2.24) is 10.2 Å². The van der Waals surface area contributed by atoms with Gasteiger partial charge >= 0.3 is 0 Å². The van der Waals surface area contributed by atoms with E-state index in [2.05, 4.69) is 43.1 Å². The molecule has 0 bridgehead atoms. The summed E-state index contributed by atoms with van der Waals surface area (Å²) < 4.78 is 0. The maximum Gasteiger partial charge on any atom is 0.234 e. The summed E-state index contributed by atoms with van der Waals surface area (Å²) in [6, 6.07) is 4.41. The number of aliphatic hydroxyl groups is 1. The number of nitrogens with zero attached hydrogens (tertiary/aromatic N) is 1. The SMILES string of the molecule is Cc1cc(C)c(CCNC(=O)CN2CCC(C(C)O)CC2)c(C)c1. The summed E-state index contributed by atoms with van der Waals surface area (Å²) in [4.78, 5) is 14.3. The molecule has 4 nitrogen and oxygen atoms in total. The zero-order valence-electron chi connectivity index (χ0n) is 15.6. The highest BCUT2D eigenvalue weighted by atomic mass is 16.3. The Hall–Kier alpha value is -1.39. The van der Waals surface area contributed by atoms with Crippen LogP contribution in [-0.4, -0.2) is 48.2 Å². The van der Waals surface area contributed by atoms with E-state index in [4.69, 9.17) is 0 Å². The number of aliphatic hydroxyl groups excluding tert-OH is 1. The summed E-state index contributed by atoms with van der Waals surface area (Å²) in [7, 11) is 0. The molecule has 2 N–H and O–H groups in total. The van der Waals surface area contributed by atoms with Crippen LogP contribution in [-0.2, 0) is 11.2 Å². The Balaban J connectivity index is 1.73. The number of nitrogens with one attached hydrogen (secondary N) is 1. The molecule has 1 aliphatic heterocycles. The molecule has 1 heterocycles. The van der Waals surface area contributed by atoms with E-state index < -0.39 is 0 Å². The van der Waals surface area contributed by atoms with Crippen LogP contribution in [0.4, 0.5) is 0 Å². The molecule has 2 rings (SSSR count). The highest BCUT2D eigenvalue weighted by molar-refractivity contribution is 5.78. The highest BCUT2D eigenvalue weighted by Gasteiger charge is 2.23. The number of carbonyl (C=O) groups excluding carboxylic acids is 1. The van der Waals surface area contributed by atoms with Gasteiger partial charge in [-0.1, -0.05) is 17.7 Å². The maximum absolute atomic E-state index is 12.1. The minimum Gasteiger partial charge on any atom is -0.393 e. The van der Waals surface area contributed by atoms with E-state index in [0.717, 1.165) is 32.4 Å². The topological polar surface area (TPSA) is 52.6 Å². The van der Waals surface area contributed by atoms with Gasteiger partial charge in [0.2, 0.25) is 5.91 Å². The van der Waals surface area contributed by atoms with Gasteiger partial charge in [0, 0.05) is 6.54 Å². The van der Waals surface area contributed by atoms with Gasteiger partial charge in [-0.05, 0) is 82.7 Å². The Morgan fingerprint density at radius 1 is 1.25 bits per heavy atom. The number of aryl methyl sites for hydroxylation is 3. The van der Waals surface area contributed by atoms with Crippen LogP contribution in [0, 0.1) is 26.7 Å². The van der Waals surface area contributed by atoms with Crippen molar-refractivity contribution in [2.24, 2.45) is 5.92 Å². The molecule has 1 aromatic carbocycles. The molecule has 134 valence electrons. The zero-order valence-corrected chi connectivity index (χ0v) is 15.6. The highest BCUT2D eigenvalue weighted by Crippen LogP contribution is 2.20. The van der Waals surface area contributed by atoms with Crippen LogP contribution in [0.3, 0.4) is 0 Å². The predicted molar refractivity (Wildman–Crippen MR) is 98.2 cm³/mol. The van der Waals surface area contributed by atoms with Gasteiger partial charge in [-0.2, -0.15) is 0 Å². The van der Waals surface area contributed by atoms with Crippen molar-refractivity contribution in [3.05, 3.63) is 34.4 Å². The molecule has 1 aromatic rings. The van der Waals surface area contributed by atoms with Crippen molar-refractivity contribution in [2.75, 3.05) is 26.2 Å². The molecule has 1 saturated heterocycles. The number of benzene rings is 1. The van der Waals surface area contributed by atoms with Crippen LogP contribution in [0.2, 0.25) is 0 Å². The van der Waals surface area contributed by atoms with Gasteiger partial charge in [0.25, 0.3) is 0 Å². The van der Waals surface area contributed by atoms with E-state index >= 15 is 0 Å². The smallest absolute Gasteiger partial charge is 0.234 e. The van der Waals surface area contributed by atoms with Crippen LogP contribution in [0.25, 0.3) is 0 Å². The summed E-state index contributed by atoms with van der Waals surface area (Å²) in [6.07, 6.45) is 2.61. The van der Waals surface area contributed by atoms with Crippen molar-refractivity contribution < 1.29 is 9.90 Å². The van der Waals surface area contributed by atoms with Crippen molar-refractivity contribution in [3.63, 3.8) is 0 Å². The van der Waals surface area contributed by atoms with Crippen LogP contribution in [0.1, 0.15) is 42.0 Å². The number of likely N-dealkylation sites (tertiary alicyclic amines) is 1.